The number of nitrogens with one attached hydrogen (secondary N) is 1. The largest absolute Gasteiger partial charge is 0.478 e. The molecule has 0 unspecified atom stereocenters. The highest BCUT2D eigenvalue weighted by Gasteiger charge is 2.20. The third kappa shape index (κ3) is 8.50. The molecule has 3 N–H and O–H groups in total. The Morgan fingerprint density at radius 2 is 1.86 bits per heavy atom. The molecular formula is C18H23F3N2O4S2. The molecule has 0 bridgehead atoms. The van der Waals surface area contributed by atoms with Gasteiger partial charge in [-0.3, -0.25) is 4.79 Å². The fourth-order valence-corrected chi connectivity index (χ4v) is 4.47. The van der Waals surface area contributed by atoms with E-state index in [9.17, 15) is 26.4 Å². The van der Waals surface area contributed by atoms with Gasteiger partial charge in [-0.2, -0.15) is 0 Å². The van der Waals surface area contributed by atoms with Crippen LogP contribution >= 0.6 is 11.8 Å². The van der Waals surface area contributed by atoms with Crippen molar-refractivity contribution in [2.24, 2.45) is 11.7 Å². The number of benzene rings is 1. The summed E-state index contributed by atoms with van der Waals surface area (Å²) in [6.45, 7) is 3.85. The van der Waals surface area contributed by atoms with Crippen molar-refractivity contribution in [3.8, 4) is 5.75 Å². The number of rotatable bonds is 11. The van der Waals surface area contributed by atoms with Crippen LogP contribution < -0.4 is 15.2 Å². The van der Waals surface area contributed by atoms with Gasteiger partial charge in [0, 0.05) is 17.2 Å². The van der Waals surface area contributed by atoms with Crippen LogP contribution in [-0.4, -0.2) is 33.2 Å². The number of thioether (sulfide) groups is 1. The average Bonchev–Trinajstić information content (AvgIpc) is 2.57. The van der Waals surface area contributed by atoms with Crippen LogP contribution in [0.4, 0.5) is 13.2 Å². The normalized spacial score (nSPS) is 13.1. The quantitative estimate of drug-likeness (QED) is 0.305. The number of hydrogen-bond donors (Lipinski definition) is 2. The first-order chi connectivity index (χ1) is 13.4. The van der Waals surface area contributed by atoms with E-state index in [0.717, 1.165) is 30.0 Å². The lowest BCUT2D eigenvalue weighted by atomic mass is 10.2. The van der Waals surface area contributed by atoms with E-state index in [2.05, 4.69) is 9.46 Å². The van der Waals surface area contributed by atoms with Crippen molar-refractivity contribution in [2.75, 3.05) is 18.9 Å². The summed E-state index contributed by atoms with van der Waals surface area (Å²) in [5.41, 5.74) is 4.87. The molecule has 162 valence electrons. The fraction of sp³-hybridized carbons (Fsp3) is 0.389. The molecule has 29 heavy (non-hydrogen) atoms. The van der Waals surface area contributed by atoms with E-state index in [4.69, 9.17) is 5.73 Å². The molecule has 0 aliphatic heterocycles. The Morgan fingerprint density at radius 3 is 2.34 bits per heavy atom. The lowest BCUT2D eigenvalue weighted by Crippen LogP contribution is -2.29. The summed E-state index contributed by atoms with van der Waals surface area (Å²) < 4.78 is 72.5. The van der Waals surface area contributed by atoms with Crippen molar-refractivity contribution >= 4 is 27.7 Å². The number of allylic oxidation sites excluding steroid dienone is 4. The molecule has 0 heterocycles. The molecule has 1 rings (SSSR count). The van der Waals surface area contributed by atoms with Crippen LogP contribution in [0.1, 0.15) is 20.8 Å². The van der Waals surface area contributed by atoms with E-state index in [0.29, 0.717) is 0 Å². The number of sulfonamides is 1. The van der Waals surface area contributed by atoms with Gasteiger partial charge in [0.15, 0.2) is 24.0 Å². The van der Waals surface area contributed by atoms with Crippen LogP contribution in [0.3, 0.4) is 0 Å². The molecule has 0 fully saturated rings. The van der Waals surface area contributed by atoms with Gasteiger partial charge < -0.3 is 10.5 Å². The van der Waals surface area contributed by atoms with Gasteiger partial charge in [0.1, 0.15) is 0 Å². The number of halogens is 3. The Kier molecular flexibility index (Phi) is 9.74. The average molecular weight is 453 g/mol. The molecule has 0 aromatic heterocycles. The Hall–Kier alpha value is -1.98. The highest BCUT2D eigenvalue weighted by molar-refractivity contribution is 7.99. The summed E-state index contributed by atoms with van der Waals surface area (Å²) in [6, 6.07) is 2.01. The van der Waals surface area contributed by atoms with Gasteiger partial charge in [-0.15, -0.1) is 11.8 Å². The predicted molar refractivity (Wildman–Crippen MR) is 106 cm³/mol. The first-order valence-electron chi connectivity index (χ1n) is 8.50. The second kappa shape index (κ2) is 11.3. The summed E-state index contributed by atoms with van der Waals surface area (Å²) in [6.07, 6.45) is 2.27. The highest BCUT2D eigenvalue weighted by Crippen LogP contribution is 2.28. The zero-order valence-electron chi connectivity index (χ0n) is 16.2. The first kappa shape index (κ1) is 25.1. The molecule has 0 spiro atoms. The van der Waals surface area contributed by atoms with E-state index < -0.39 is 45.7 Å². The van der Waals surface area contributed by atoms with Crippen LogP contribution in [0.2, 0.25) is 0 Å². The van der Waals surface area contributed by atoms with Gasteiger partial charge in [0.25, 0.3) is 5.91 Å². The van der Waals surface area contributed by atoms with Crippen molar-refractivity contribution in [3.63, 3.8) is 0 Å². The number of carbonyl (C=O) groups is 1. The van der Waals surface area contributed by atoms with Crippen molar-refractivity contribution in [1.29, 1.82) is 0 Å². The minimum Gasteiger partial charge on any atom is -0.478 e. The number of ether oxygens (including phenoxy) is 1. The van der Waals surface area contributed by atoms with Gasteiger partial charge in [-0.25, -0.2) is 26.3 Å². The monoisotopic (exact) mass is 452 g/mol. The minimum atomic E-state index is -3.84. The molecule has 0 radical (unpaired) electrons. The Bertz CT molecular complexity index is 873. The Labute approximate surface area is 172 Å². The number of hydrogen-bond acceptors (Lipinski definition) is 5. The topological polar surface area (TPSA) is 98.5 Å². The van der Waals surface area contributed by atoms with Crippen molar-refractivity contribution in [2.45, 2.75) is 25.7 Å². The number of carbonyl (C=O) groups excluding carboxylic acids is 1. The summed E-state index contributed by atoms with van der Waals surface area (Å²) in [5.74, 6) is -4.31. The third-order valence-corrected chi connectivity index (χ3v) is 6.14. The number of primary amides is 1. The molecule has 6 nitrogen and oxygen atoms in total. The van der Waals surface area contributed by atoms with Crippen LogP contribution in [0.15, 0.2) is 39.9 Å². The predicted octanol–water partition coefficient (Wildman–Crippen LogP) is 3.25. The molecular weight excluding hydrogens is 429 g/mol. The second-order valence-electron chi connectivity index (χ2n) is 6.19. The maximum atomic E-state index is 13.9. The minimum absolute atomic E-state index is 0.0153. The van der Waals surface area contributed by atoms with Crippen LogP contribution in [0.5, 0.6) is 5.75 Å². The standard InChI is InChI=1S/C18H23F3N2O4S2/c1-11(2)16(5-4-12(3)19)29(25,26)23-6-7-28-13-8-14(20)18(15(21)9-13)27-10-17(22)24/h4-5,8-9,11,23H,6-7,10H2,1-3H3,(H2,22,24)/b12-4+,16-5+. The molecule has 0 saturated heterocycles. The van der Waals surface area contributed by atoms with Gasteiger partial charge in [0.05, 0.1) is 10.7 Å². The fourth-order valence-electron chi connectivity index (χ4n) is 2.12. The zero-order chi connectivity index (χ0) is 22.2. The lowest BCUT2D eigenvalue weighted by Gasteiger charge is -2.13. The maximum Gasteiger partial charge on any atom is 0.255 e. The molecule has 1 amide bonds. The van der Waals surface area contributed by atoms with Crippen molar-refractivity contribution < 1.29 is 31.1 Å². The van der Waals surface area contributed by atoms with E-state index >= 15 is 0 Å². The van der Waals surface area contributed by atoms with Gasteiger partial charge in [-0.05, 0) is 37.1 Å². The molecule has 11 heteroatoms. The van der Waals surface area contributed by atoms with Gasteiger partial charge >= 0.3 is 0 Å². The second-order valence-corrected chi connectivity index (χ2v) is 9.13. The van der Waals surface area contributed by atoms with Gasteiger partial charge in [-0.1, -0.05) is 13.8 Å². The van der Waals surface area contributed by atoms with Crippen molar-refractivity contribution in [3.05, 3.63) is 46.7 Å². The van der Waals surface area contributed by atoms with E-state index in [1.807, 2.05) is 0 Å². The number of nitrogens with two attached hydrogens (primary N) is 1. The number of amides is 1. The molecule has 0 atom stereocenters. The third-order valence-electron chi connectivity index (χ3n) is 3.35. The molecule has 0 aliphatic carbocycles. The van der Waals surface area contributed by atoms with Crippen molar-refractivity contribution in [1.82, 2.24) is 4.72 Å². The van der Waals surface area contributed by atoms with Crippen LogP contribution in [0.25, 0.3) is 0 Å². The maximum absolute atomic E-state index is 13.9. The van der Waals surface area contributed by atoms with E-state index in [1.165, 1.54) is 13.0 Å². The highest BCUT2D eigenvalue weighted by atomic mass is 32.2. The SMILES string of the molecule is C/C(F)=C\C=C(/C(C)C)S(=O)(=O)NCCSc1cc(F)c(OCC(N)=O)c(F)c1. The zero-order valence-corrected chi connectivity index (χ0v) is 17.8. The molecule has 1 aromatic rings. The van der Waals surface area contributed by atoms with E-state index in [1.54, 1.807) is 13.8 Å². The van der Waals surface area contributed by atoms with Gasteiger partial charge in [0.2, 0.25) is 10.0 Å². The smallest absolute Gasteiger partial charge is 0.255 e. The Balaban J connectivity index is 2.73. The molecule has 0 saturated carbocycles. The van der Waals surface area contributed by atoms with Crippen LogP contribution in [0, 0.1) is 17.6 Å². The Morgan fingerprint density at radius 1 is 1.28 bits per heavy atom. The summed E-state index contributed by atoms with van der Waals surface area (Å²) >= 11 is 1.02. The summed E-state index contributed by atoms with van der Waals surface area (Å²) in [4.78, 5) is 10.9. The lowest BCUT2D eigenvalue weighted by molar-refractivity contribution is -0.120. The molecule has 1 aromatic carbocycles. The van der Waals surface area contributed by atoms with Crippen LogP contribution in [-0.2, 0) is 14.8 Å². The summed E-state index contributed by atoms with van der Waals surface area (Å²) in [5, 5.41) is 0. The summed E-state index contributed by atoms with van der Waals surface area (Å²) in [7, 11) is -3.84. The molecule has 0 aliphatic rings. The first-order valence-corrected chi connectivity index (χ1v) is 11.0. The van der Waals surface area contributed by atoms with E-state index in [-0.39, 0.29) is 28.0 Å².